The zero-order chi connectivity index (χ0) is 12.7. The van der Waals surface area contributed by atoms with Crippen molar-refractivity contribution in [2.45, 2.75) is 26.0 Å². The van der Waals surface area contributed by atoms with Crippen LogP contribution in [0, 0.1) is 6.92 Å². The summed E-state index contributed by atoms with van der Waals surface area (Å²) in [5.74, 6) is 1.81. The molecule has 94 valence electrons. The number of carbonyl (C=O) groups excluding carboxylic acids is 1. The third-order valence-corrected chi connectivity index (χ3v) is 3.79. The molecule has 1 amide bonds. The van der Waals surface area contributed by atoms with Crippen LogP contribution >= 0.6 is 23.1 Å². The number of amides is 1. The molecular weight excluding hydrogens is 252 g/mol. The van der Waals surface area contributed by atoms with Crippen molar-refractivity contribution in [2.75, 3.05) is 12.3 Å². The van der Waals surface area contributed by atoms with Crippen LogP contribution in [-0.4, -0.2) is 23.2 Å². The van der Waals surface area contributed by atoms with Crippen molar-refractivity contribution < 1.29 is 4.79 Å². The number of hydrogen-bond acceptors (Lipinski definition) is 4. The van der Waals surface area contributed by atoms with Crippen molar-refractivity contribution in [1.29, 1.82) is 0 Å². The molecule has 0 saturated heterocycles. The second-order valence-corrected chi connectivity index (χ2v) is 6.06. The fraction of sp³-hybridized carbons (Fsp3) is 0.500. The average molecular weight is 270 g/mol. The van der Waals surface area contributed by atoms with Crippen LogP contribution in [0.3, 0.4) is 0 Å². The molecule has 1 rings (SSSR count). The van der Waals surface area contributed by atoms with Gasteiger partial charge in [-0.2, -0.15) is 11.8 Å². The van der Waals surface area contributed by atoms with E-state index in [0.717, 1.165) is 27.8 Å². The first-order valence-electron chi connectivity index (χ1n) is 5.47. The van der Waals surface area contributed by atoms with Gasteiger partial charge in [-0.15, -0.1) is 11.3 Å². The first-order chi connectivity index (χ1) is 8.08. The van der Waals surface area contributed by atoms with Crippen LogP contribution in [0.25, 0.3) is 0 Å². The number of carbonyl (C=O) groups is 1. The summed E-state index contributed by atoms with van der Waals surface area (Å²) in [6.07, 6.45) is 0.557. The van der Waals surface area contributed by atoms with Crippen LogP contribution in [0.15, 0.2) is 17.5 Å². The third-order valence-electron chi connectivity index (χ3n) is 1.98. The number of nitrogens with one attached hydrogen (secondary N) is 1. The SMILES string of the molecule is C=C(C)CNC(=O)CCSCc1csc(C)n1. The summed E-state index contributed by atoms with van der Waals surface area (Å²) in [7, 11) is 0. The highest BCUT2D eigenvalue weighted by Crippen LogP contribution is 2.15. The number of thiazole rings is 1. The van der Waals surface area contributed by atoms with E-state index in [-0.39, 0.29) is 5.91 Å². The summed E-state index contributed by atoms with van der Waals surface area (Å²) in [5.41, 5.74) is 2.09. The van der Waals surface area contributed by atoms with Crippen LogP contribution in [0.1, 0.15) is 24.0 Å². The van der Waals surface area contributed by atoms with E-state index >= 15 is 0 Å². The molecule has 5 heteroatoms. The van der Waals surface area contributed by atoms with E-state index in [4.69, 9.17) is 0 Å². The molecule has 0 aliphatic carbocycles. The van der Waals surface area contributed by atoms with Gasteiger partial charge in [0, 0.05) is 29.9 Å². The van der Waals surface area contributed by atoms with E-state index in [0.29, 0.717) is 13.0 Å². The number of aryl methyl sites for hydroxylation is 1. The molecule has 1 aromatic rings. The summed E-state index contributed by atoms with van der Waals surface area (Å²) in [6, 6.07) is 0. The van der Waals surface area contributed by atoms with Crippen LogP contribution in [-0.2, 0) is 10.5 Å². The predicted octanol–water partition coefficient (Wildman–Crippen LogP) is 2.77. The number of hydrogen-bond donors (Lipinski definition) is 1. The highest BCUT2D eigenvalue weighted by molar-refractivity contribution is 7.98. The second-order valence-electron chi connectivity index (χ2n) is 3.89. The minimum absolute atomic E-state index is 0.0926. The lowest BCUT2D eigenvalue weighted by Gasteiger charge is -2.03. The van der Waals surface area contributed by atoms with Crippen molar-refractivity contribution in [3.8, 4) is 0 Å². The first kappa shape index (κ1) is 14.3. The van der Waals surface area contributed by atoms with Gasteiger partial charge >= 0.3 is 0 Å². The van der Waals surface area contributed by atoms with Gasteiger partial charge in [0.05, 0.1) is 10.7 Å². The van der Waals surface area contributed by atoms with Gasteiger partial charge in [0.15, 0.2) is 0 Å². The number of aromatic nitrogens is 1. The summed E-state index contributed by atoms with van der Waals surface area (Å²) in [6.45, 7) is 8.22. The second kappa shape index (κ2) is 7.50. The normalized spacial score (nSPS) is 10.2. The molecule has 1 heterocycles. The minimum atomic E-state index is 0.0926. The van der Waals surface area contributed by atoms with Gasteiger partial charge in [-0.25, -0.2) is 4.98 Å². The zero-order valence-corrected chi connectivity index (χ0v) is 11.9. The van der Waals surface area contributed by atoms with Gasteiger partial charge in [-0.05, 0) is 13.8 Å². The highest BCUT2D eigenvalue weighted by atomic mass is 32.2. The van der Waals surface area contributed by atoms with Crippen molar-refractivity contribution in [1.82, 2.24) is 10.3 Å². The Morgan fingerprint density at radius 3 is 3.00 bits per heavy atom. The van der Waals surface area contributed by atoms with Crippen LogP contribution < -0.4 is 5.32 Å². The first-order valence-corrected chi connectivity index (χ1v) is 7.51. The Hall–Kier alpha value is -0.810. The number of thioether (sulfide) groups is 1. The Morgan fingerprint density at radius 1 is 1.65 bits per heavy atom. The number of rotatable bonds is 7. The van der Waals surface area contributed by atoms with E-state index in [1.807, 2.05) is 13.8 Å². The van der Waals surface area contributed by atoms with Gasteiger partial charge in [0.2, 0.25) is 5.91 Å². The van der Waals surface area contributed by atoms with Crippen LogP contribution in [0.5, 0.6) is 0 Å². The summed E-state index contributed by atoms with van der Waals surface area (Å²) in [4.78, 5) is 15.8. The van der Waals surface area contributed by atoms with Gasteiger partial charge in [-0.3, -0.25) is 4.79 Å². The maximum absolute atomic E-state index is 11.4. The maximum atomic E-state index is 11.4. The quantitative estimate of drug-likeness (QED) is 0.612. The Balaban J connectivity index is 2.07. The van der Waals surface area contributed by atoms with E-state index in [1.165, 1.54) is 0 Å². The van der Waals surface area contributed by atoms with Crippen molar-refractivity contribution in [3.05, 3.63) is 28.2 Å². The molecule has 0 saturated carbocycles. The molecule has 0 unspecified atom stereocenters. The van der Waals surface area contributed by atoms with E-state index in [1.54, 1.807) is 23.1 Å². The lowest BCUT2D eigenvalue weighted by Crippen LogP contribution is -2.25. The minimum Gasteiger partial charge on any atom is -0.352 e. The van der Waals surface area contributed by atoms with Crippen molar-refractivity contribution in [2.24, 2.45) is 0 Å². The van der Waals surface area contributed by atoms with E-state index in [2.05, 4.69) is 22.3 Å². The Labute approximate surface area is 111 Å². The molecule has 0 spiro atoms. The van der Waals surface area contributed by atoms with Gasteiger partial charge in [-0.1, -0.05) is 12.2 Å². The topological polar surface area (TPSA) is 42.0 Å². The summed E-state index contributed by atoms with van der Waals surface area (Å²) >= 11 is 3.41. The number of nitrogens with zero attached hydrogens (tertiary/aromatic N) is 1. The molecule has 0 atom stereocenters. The standard InChI is InChI=1S/C12H18N2OS2/c1-9(2)6-13-12(15)4-5-16-7-11-8-17-10(3)14-11/h8H,1,4-7H2,2-3H3,(H,13,15). The van der Waals surface area contributed by atoms with E-state index in [9.17, 15) is 4.79 Å². The molecule has 0 aliphatic heterocycles. The molecule has 0 aliphatic rings. The van der Waals surface area contributed by atoms with Crippen LogP contribution in [0.4, 0.5) is 0 Å². The maximum Gasteiger partial charge on any atom is 0.221 e. The van der Waals surface area contributed by atoms with Gasteiger partial charge in [0.25, 0.3) is 0 Å². The van der Waals surface area contributed by atoms with Gasteiger partial charge < -0.3 is 5.32 Å². The molecule has 17 heavy (non-hydrogen) atoms. The van der Waals surface area contributed by atoms with Crippen molar-refractivity contribution >= 4 is 29.0 Å². The molecule has 1 aromatic heterocycles. The molecule has 0 aromatic carbocycles. The van der Waals surface area contributed by atoms with Crippen LogP contribution in [0.2, 0.25) is 0 Å². The fourth-order valence-electron chi connectivity index (χ4n) is 1.15. The zero-order valence-electron chi connectivity index (χ0n) is 10.3. The molecule has 0 fully saturated rings. The molecule has 0 radical (unpaired) electrons. The highest BCUT2D eigenvalue weighted by Gasteiger charge is 2.02. The lowest BCUT2D eigenvalue weighted by molar-refractivity contribution is -0.120. The summed E-state index contributed by atoms with van der Waals surface area (Å²) < 4.78 is 0. The molecule has 1 N–H and O–H groups in total. The predicted molar refractivity (Wildman–Crippen MR) is 75.5 cm³/mol. The van der Waals surface area contributed by atoms with Gasteiger partial charge in [0.1, 0.15) is 0 Å². The Kier molecular flexibility index (Phi) is 6.29. The fourth-order valence-corrected chi connectivity index (χ4v) is 2.70. The molecule has 0 bridgehead atoms. The Morgan fingerprint density at radius 2 is 2.41 bits per heavy atom. The molecular formula is C12H18N2OS2. The average Bonchev–Trinajstić information content (AvgIpc) is 2.68. The molecule has 3 nitrogen and oxygen atoms in total. The van der Waals surface area contributed by atoms with Crippen molar-refractivity contribution in [3.63, 3.8) is 0 Å². The monoisotopic (exact) mass is 270 g/mol. The summed E-state index contributed by atoms with van der Waals surface area (Å²) in [5, 5.41) is 5.99. The Bertz CT molecular complexity index is 388. The third kappa shape index (κ3) is 6.48. The lowest BCUT2D eigenvalue weighted by atomic mass is 10.3. The largest absolute Gasteiger partial charge is 0.352 e. The smallest absolute Gasteiger partial charge is 0.221 e. The van der Waals surface area contributed by atoms with E-state index < -0.39 is 0 Å².